The van der Waals surface area contributed by atoms with E-state index in [-0.39, 0.29) is 12.5 Å². The summed E-state index contributed by atoms with van der Waals surface area (Å²) >= 11 is 0. The zero-order chi connectivity index (χ0) is 9.97. The second-order valence-corrected chi connectivity index (χ2v) is 4.50. The van der Waals surface area contributed by atoms with Gasteiger partial charge < -0.3 is 9.84 Å². The summed E-state index contributed by atoms with van der Waals surface area (Å²) in [5.41, 5.74) is 0. The Kier molecular flexibility index (Phi) is 3.06. The lowest BCUT2D eigenvalue weighted by Crippen LogP contribution is -2.31. The van der Waals surface area contributed by atoms with Crippen molar-refractivity contribution in [3.05, 3.63) is 0 Å². The van der Waals surface area contributed by atoms with Crippen molar-refractivity contribution in [1.29, 1.82) is 0 Å². The number of ether oxygens (including phenoxy) is 1. The molecule has 3 heteroatoms. The predicted octanol–water partition coefficient (Wildman–Crippen LogP) is 2.20. The van der Waals surface area contributed by atoms with Gasteiger partial charge in [-0.05, 0) is 38.0 Å². The fourth-order valence-electron chi connectivity index (χ4n) is 2.72. The van der Waals surface area contributed by atoms with E-state index >= 15 is 0 Å². The summed E-state index contributed by atoms with van der Waals surface area (Å²) in [6.45, 7) is 0. The molecule has 1 aliphatic carbocycles. The second-order valence-electron chi connectivity index (χ2n) is 4.50. The molecular weight excluding hydrogens is 180 g/mol. The van der Waals surface area contributed by atoms with Crippen molar-refractivity contribution < 1.29 is 14.6 Å². The third-order valence-electron chi connectivity index (χ3n) is 3.50. The molecule has 1 saturated heterocycles. The van der Waals surface area contributed by atoms with Crippen molar-refractivity contribution in [2.75, 3.05) is 0 Å². The molecule has 1 heterocycles. The van der Waals surface area contributed by atoms with E-state index in [1.54, 1.807) is 0 Å². The van der Waals surface area contributed by atoms with Gasteiger partial charge in [0.15, 0.2) is 0 Å². The van der Waals surface area contributed by atoms with Crippen LogP contribution in [-0.2, 0) is 9.53 Å². The topological polar surface area (TPSA) is 46.5 Å². The van der Waals surface area contributed by atoms with Gasteiger partial charge in [-0.15, -0.1) is 0 Å². The van der Waals surface area contributed by atoms with Gasteiger partial charge in [0, 0.05) is 6.42 Å². The van der Waals surface area contributed by atoms with Crippen LogP contribution in [0.4, 0.5) is 0 Å². The SMILES string of the molecule is O=C(O)CC[C@@H]1CC[C@@H]2CCC[C@@H]2O1. The Bertz CT molecular complexity index is 215. The van der Waals surface area contributed by atoms with E-state index in [4.69, 9.17) is 9.84 Å². The minimum Gasteiger partial charge on any atom is -0.481 e. The van der Waals surface area contributed by atoms with Gasteiger partial charge in [0.25, 0.3) is 0 Å². The van der Waals surface area contributed by atoms with Crippen molar-refractivity contribution in [1.82, 2.24) is 0 Å². The summed E-state index contributed by atoms with van der Waals surface area (Å²) in [5, 5.41) is 8.58. The Balaban J connectivity index is 1.77. The fourth-order valence-corrected chi connectivity index (χ4v) is 2.72. The highest BCUT2D eigenvalue weighted by atomic mass is 16.5. The molecule has 0 amide bonds. The first kappa shape index (κ1) is 9.97. The molecular formula is C11H18O3. The van der Waals surface area contributed by atoms with Crippen LogP contribution in [0.1, 0.15) is 44.9 Å². The molecule has 0 radical (unpaired) electrons. The van der Waals surface area contributed by atoms with Crippen LogP contribution in [0.25, 0.3) is 0 Å². The number of fused-ring (bicyclic) bond motifs is 1. The number of carbonyl (C=O) groups is 1. The first-order valence-corrected chi connectivity index (χ1v) is 5.63. The zero-order valence-electron chi connectivity index (χ0n) is 8.45. The molecule has 3 nitrogen and oxygen atoms in total. The molecule has 80 valence electrons. The van der Waals surface area contributed by atoms with Crippen LogP contribution >= 0.6 is 0 Å². The zero-order valence-corrected chi connectivity index (χ0v) is 8.45. The van der Waals surface area contributed by atoms with Crippen molar-refractivity contribution in [2.45, 2.75) is 57.2 Å². The van der Waals surface area contributed by atoms with Gasteiger partial charge in [0.2, 0.25) is 0 Å². The maximum absolute atomic E-state index is 10.4. The predicted molar refractivity (Wildman–Crippen MR) is 52.1 cm³/mol. The van der Waals surface area contributed by atoms with E-state index in [0.29, 0.717) is 12.5 Å². The summed E-state index contributed by atoms with van der Waals surface area (Å²) in [5.74, 6) is 0.0678. The lowest BCUT2D eigenvalue weighted by molar-refractivity contribution is -0.139. The van der Waals surface area contributed by atoms with E-state index in [0.717, 1.165) is 12.3 Å². The molecule has 3 atom stereocenters. The smallest absolute Gasteiger partial charge is 0.303 e. The highest BCUT2D eigenvalue weighted by Gasteiger charge is 2.34. The second kappa shape index (κ2) is 4.30. The van der Waals surface area contributed by atoms with Crippen LogP contribution in [0, 0.1) is 5.92 Å². The standard InChI is InChI=1S/C11H18O3/c12-11(13)7-6-9-5-4-8-2-1-3-10(8)14-9/h8-10H,1-7H2,(H,12,13)/t8-,9-,10-/m0/s1. The van der Waals surface area contributed by atoms with E-state index < -0.39 is 5.97 Å². The Hall–Kier alpha value is -0.570. The minimum atomic E-state index is -0.706. The first-order chi connectivity index (χ1) is 6.75. The van der Waals surface area contributed by atoms with Gasteiger partial charge in [0.1, 0.15) is 0 Å². The molecule has 2 aliphatic rings. The van der Waals surface area contributed by atoms with E-state index in [1.807, 2.05) is 0 Å². The van der Waals surface area contributed by atoms with E-state index in [2.05, 4.69) is 0 Å². The number of aliphatic carboxylic acids is 1. The van der Waals surface area contributed by atoms with E-state index in [1.165, 1.54) is 25.7 Å². The average Bonchev–Trinajstić information content (AvgIpc) is 2.61. The summed E-state index contributed by atoms with van der Waals surface area (Å²) in [7, 11) is 0. The molecule has 0 aromatic heterocycles. The lowest BCUT2D eigenvalue weighted by atomic mass is 9.92. The Morgan fingerprint density at radius 3 is 2.93 bits per heavy atom. The monoisotopic (exact) mass is 198 g/mol. The van der Waals surface area contributed by atoms with E-state index in [9.17, 15) is 4.79 Å². The normalized spacial score (nSPS) is 36.7. The largest absolute Gasteiger partial charge is 0.481 e. The van der Waals surface area contributed by atoms with Crippen LogP contribution in [0.15, 0.2) is 0 Å². The quantitative estimate of drug-likeness (QED) is 0.756. The van der Waals surface area contributed by atoms with Crippen molar-refractivity contribution in [3.63, 3.8) is 0 Å². The number of rotatable bonds is 3. The molecule has 0 spiro atoms. The van der Waals surface area contributed by atoms with Crippen LogP contribution in [-0.4, -0.2) is 23.3 Å². The molecule has 1 N–H and O–H groups in total. The van der Waals surface area contributed by atoms with Gasteiger partial charge >= 0.3 is 5.97 Å². The van der Waals surface area contributed by atoms with Crippen molar-refractivity contribution in [2.24, 2.45) is 5.92 Å². The van der Waals surface area contributed by atoms with Crippen molar-refractivity contribution in [3.8, 4) is 0 Å². The summed E-state index contributed by atoms with van der Waals surface area (Å²) < 4.78 is 5.90. The van der Waals surface area contributed by atoms with Gasteiger partial charge in [0.05, 0.1) is 12.2 Å². The average molecular weight is 198 g/mol. The lowest BCUT2D eigenvalue weighted by Gasteiger charge is -2.32. The molecule has 0 unspecified atom stereocenters. The number of carboxylic acid groups (broad SMARTS) is 1. The molecule has 14 heavy (non-hydrogen) atoms. The Labute approximate surface area is 84.4 Å². The van der Waals surface area contributed by atoms with Gasteiger partial charge in [-0.2, -0.15) is 0 Å². The van der Waals surface area contributed by atoms with Gasteiger partial charge in [-0.1, -0.05) is 6.42 Å². The van der Waals surface area contributed by atoms with Crippen LogP contribution in [0.5, 0.6) is 0 Å². The summed E-state index contributed by atoms with van der Waals surface area (Å²) in [4.78, 5) is 10.4. The highest BCUT2D eigenvalue weighted by Crippen LogP contribution is 2.38. The molecule has 2 rings (SSSR count). The van der Waals surface area contributed by atoms with Crippen LogP contribution < -0.4 is 0 Å². The number of hydrogen-bond donors (Lipinski definition) is 1. The van der Waals surface area contributed by atoms with Crippen molar-refractivity contribution >= 4 is 5.97 Å². The number of carboxylic acids is 1. The molecule has 0 bridgehead atoms. The fraction of sp³-hybridized carbons (Fsp3) is 0.909. The third kappa shape index (κ3) is 2.27. The van der Waals surface area contributed by atoms with Gasteiger partial charge in [-0.25, -0.2) is 0 Å². The minimum absolute atomic E-state index is 0.213. The Morgan fingerprint density at radius 1 is 1.29 bits per heavy atom. The van der Waals surface area contributed by atoms with Crippen LogP contribution in [0.2, 0.25) is 0 Å². The molecule has 1 aliphatic heterocycles. The molecule has 0 aromatic rings. The molecule has 0 aromatic carbocycles. The highest BCUT2D eigenvalue weighted by molar-refractivity contribution is 5.66. The van der Waals surface area contributed by atoms with Gasteiger partial charge in [-0.3, -0.25) is 4.79 Å². The first-order valence-electron chi connectivity index (χ1n) is 5.63. The third-order valence-corrected chi connectivity index (χ3v) is 3.50. The molecule has 2 fully saturated rings. The maximum atomic E-state index is 10.4. The summed E-state index contributed by atoms with van der Waals surface area (Å²) in [6, 6.07) is 0. The molecule has 1 saturated carbocycles. The summed E-state index contributed by atoms with van der Waals surface area (Å²) in [6.07, 6.45) is 7.71. The number of hydrogen-bond acceptors (Lipinski definition) is 2. The van der Waals surface area contributed by atoms with Crippen LogP contribution in [0.3, 0.4) is 0 Å². The Morgan fingerprint density at radius 2 is 2.14 bits per heavy atom. The maximum Gasteiger partial charge on any atom is 0.303 e.